The summed E-state index contributed by atoms with van der Waals surface area (Å²) in [6.07, 6.45) is 1.58. The minimum absolute atomic E-state index is 0.153. The summed E-state index contributed by atoms with van der Waals surface area (Å²) < 4.78 is 5.39. The molecular weight excluding hydrogens is 230 g/mol. The maximum absolute atomic E-state index is 9.11. The third-order valence-corrected chi connectivity index (χ3v) is 2.98. The average Bonchev–Trinajstić information content (AvgIpc) is 2.28. The Hall–Kier alpha value is -1.36. The fraction of sp³-hybridized carbons (Fsp3) is 0.692. The Morgan fingerprint density at radius 2 is 2.11 bits per heavy atom. The van der Waals surface area contributed by atoms with Crippen molar-refractivity contribution in [2.45, 2.75) is 46.1 Å². The van der Waals surface area contributed by atoms with E-state index in [9.17, 15) is 0 Å². The number of aliphatic hydroxyl groups excluding tert-OH is 1. The molecule has 1 aromatic heterocycles. The highest BCUT2D eigenvalue weighted by molar-refractivity contribution is 5.41. The number of aliphatic hydroxyl groups is 1. The van der Waals surface area contributed by atoms with Crippen LogP contribution in [0, 0.1) is 6.92 Å². The van der Waals surface area contributed by atoms with Crippen LogP contribution >= 0.6 is 0 Å². The Bertz CT molecular complexity index is 384. The van der Waals surface area contributed by atoms with E-state index < -0.39 is 0 Å². The van der Waals surface area contributed by atoms with Gasteiger partial charge >= 0.3 is 0 Å². The molecule has 1 aromatic rings. The molecule has 1 rings (SSSR count). The van der Waals surface area contributed by atoms with Crippen LogP contribution in [0.5, 0.6) is 5.88 Å². The predicted octanol–water partition coefficient (Wildman–Crippen LogP) is 2.15. The number of hydrogen-bond acceptors (Lipinski definition) is 5. The van der Waals surface area contributed by atoms with Gasteiger partial charge < -0.3 is 15.2 Å². The van der Waals surface area contributed by atoms with Crippen LogP contribution in [0.2, 0.25) is 0 Å². The second kappa shape index (κ2) is 6.54. The summed E-state index contributed by atoms with van der Waals surface area (Å²) in [5.41, 5.74) is -0.168. The molecule has 0 aliphatic heterocycles. The fourth-order valence-corrected chi connectivity index (χ4v) is 1.71. The molecule has 0 fully saturated rings. The zero-order valence-corrected chi connectivity index (χ0v) is 11.7. The van der Waals surface area contributed by atoms with Crippen molar-refractivity contribution in [3.05, 3.63) is 11.9 Å². The molecule has 1 unspecified atom stereocenters. The van der Waals surface area contributed by atoms with Gasteiger partial charge in [0, 0.05) is 18.2 Å². The van der Waals surface area contributed by atoms with Gasteiger partial charge in [0.05, 0.1) is 6.61 Å². The normalized spacial score (nSPS) is 14.1. The molecule has 0 radical (unpaired) electrons. The van der Waals surface area contributed by atoms with Crippen LogP contribution in [0.25, 0.3) is 0 Å². The quantitative estimate of drug-likeness (QED) is 0.779. The van der Waals surface area contributed by atoms with Crippen molar-refractivity contribution in [3.63, 3.8) is 0 Å². The molecule has 0 bridgehead atoms. The largest absolute Gasteiger partial charge is 0.478 e. The van der Waals surface area contributed by atoms with E-state index in [4.69, 9.17) is 9.84 Å². The molecule has 18 heavy (non-hydrogen) atoms. The SMILES string of the molecule is CCOc1cc(NC(C)(CC)CCO)nc(C)n1. The lowest BCUT2D eigenvalue weighted by molar-refractivity contribution is 0.251. The maximum Gasteiger partial charge on any atom is 0.218 e. The topological polar surface area (TPSA) is 67.3 Å². The third-order valence-electron chi connectivity index (χ3n) is 2.98. The Kier molecular flexibility index (Phi) is 5.34. The molecule has 0 saturated heterocycles. The standard InChI is InChI=1S/C13H23N3O2/c1-5-13(4,7-8-17)16-11-9-12(18-6-2)15-10(3)14-11/h9,17H,5-8H2,1-4H3,(H,14,15,16). The van der Waals surface area contributed by atoms with Crippen LogP contribution < -0.4 is 10.1 Å². The summed E-state index contributed by atoms with van der Waals surface area (Å²) >= 11 is 0. The molecule has 102 valence electrons. The van der Waals surface area contributed by atoms with Crippen molar-refractivity contribution in [2.24, 2.45) is 0 Å². The molecule has 0 amide bonds. The van der Waals surface area contributed by atoms with Gasteiger partial charge in [0.15, 0.2) is 0 Å². The summed E-state index contributed by atoms with van der Waals surface area (Å²) in [6, 6.07) is 1.79. The number of aromatic nitrogens is 2. The molecule has 1 atom stereocenters. The number of anilines is 1. The van der Waals surface area contributed by atoms with E-state index in [1.165, 1.54) is 0 Å². The van der Waals surface area contributed by atoms with E-state index in [1.807, 2.05) is 13.8 Å². The number of aryl methyl sites for hydroxylation is 1. The van der Waals surface area contributed by atoms with Gasteiger partial charge in [-0.25, -0.2) is 4.98 Å². The van der Waals surface area contributed by atoms with Crippen molar-refractivity contribution in [1.29, 1.82) is 0 Å². The first-order valence-corrected chi connectivity index (χ1v) is 6.40. The molecule has 0 aliphatic carbocycles. The minimum Gasteiger partial charge on any atom is -0.478 e. The zero-order chi connectivity index (χ0) is 13.6. The summed E-state index contributed by atoms with van der Waals surface area (Å²) in [7, 11) is 0. The second-order valence-electron chi connectivity index (χ2n) is 4.58. The monoisotopic (exact) mass is 253 g/mol. The lowest BCUT2D eigenvalue weighted by Crippen LogP contribution is -2.35. The van der Waals surface area contributed by atoms with Crippen molar-refractivity contribution in [1.82, 2.24) is 9.97 Å². The number of hydrogen-bond donors (Lipinski definition) is 2. The Morgan fingerprint density at radius 3 is 2.67 bits per heavy atom. The van der Waals surface area contributed by atoms with Gasteiger partial charge in [-0.1, -0.05) is 6.92 Å². The number of nitrogens with zero attached hydrogens (tertiary/aromatic N) is 2. The summed E-state index contributed by atoms with van der Waals surface area (Å²) in [5, 5.41) is 12.5. The molecule has 5 nitrogen and oxygen atoms in total. The van der Waals surface area contributed by atoms with Crippen LogP contribution in [-0.2, 0) is 0 Å². The molecule has 0 spiro atoms. The smallest absolute Gasteiger partial charge is 0.218 e. The highest BCUT2D eigenvalue weighted by atomic mass is 16.5. The van der Waals surface area contributed by atoms with Crippen LogP contribution in [-0.4, -0.2) is 33.8 Å². The zero-order valence-electron chi connectivity index (χ0n) is 11.7. The van der Waals surface area contributed by atoms with Gasteiger partial charge in [-0.2, -0.15) is 4.98 Å². The molecule has 1 heterocycles. The number of nitrogens with one attached hydrogen (secondary N) is 1. The van der Waals surface area contributed by atoms with Crippen LogP contribution in [0.15, 0.2) is 6.07 Å². The first kappa shape index (κ1) is 14.7. The van der Waals surface area contributed by atoms with Crippen molar-refractivity contribution >= 4 is 5.82 Å². The molecule has 5 heteroatoms. The van der Waals surface area contributed by atoms with E-state index >= 15 is 0 Å². The van der Waals surface area contributed by atoms with E-state index in [-0.39, 0.29) is 12.1 Å². The lowest BCUT2D eigenvalue weighted by Gasteiger charge is -2.29. The average molecular weight is 253 g/mol. The third kappa shape index (κ3) is 4.14. The molecule has 2 N–H and O–H groups in total. The van der Waals surface area contributed by atoms with Crippen molar-refractivity contribution in [2.75, 3.05) is 18.5 Å². The first-order valence-electron chi connectivity index (χ1n) is 6.40. The first-order chi connectivity index (χ1) is 8.53. The Labute approximate surface area is 109 Å². The molecule has 0 saturated carbocycles. The highest BCUT2D eigenvalue weighted by Gasteiger charge is 2.22. The minimum atomic E-state index is -0.168. The van der Waals surface area contributed by atoms with Crippen molar-refractivity contribution < 1.29 is 9.84 Å². The molecule has 0 aliphatic rings. The van der Waals surface area contributed by atoms with Gasteiger partial charge in [-0.15, -0.1) is 0 Å². The van der Waals surface area contributed by atoms with Gasteiger partial charge in [-0.05, 0) is 33.6 Å². The Balaban J connectivity index is 2.88. The summed E-state index contributed by atoms with van der Waals surface area (Å²) in [4.78, 5) is 8.55. The highest BCUT2D eigenvalue weighted by Crippen LogP contribution is 2.22. The van der Waals surface area contributed by atoms with E-state index in [1.54, 1.807) is 6.07 Å². The van der Waals surface area contributed by atoms with Gasteiger partial charge in [0.2, 0.25) is 5.88 Å². The van der Waals surface area contributed by atoms with Crippen LogP contribution in [0.1, 0.15) is 39.4 Å². The van der Waals surface area contributed by atoms with Gasteiger partial charge in [-0.3, -0.25) is 0 Å². The van der Waals surface area contributed by atoms with Gasteiger partial charge in [0.25, 0.3) is 0 Å². The van der Waals surface area contributed by atoms with E-state index in [0.29, 0.717) is 24.7 Å². The fourth-order valence-electron chi connectivity index (χ4n) is 1.71. The van der Waals surface area contributed by atoms with Crippen LogP contribution in [0.4, 0.5) is 5.82 Å². The van der Waals surface area contributed by atoms with E-state index in [2.05, 4.69) is 29.1 Å². The summed E-state index contributed by atoms with van der Waals surface area (Å²) in [6.45, 7) is 8.65. The maximum atomic E-state index is 9.11. The second-order valence-corrected chi connectivity index (χ2v) is 4.58. The van der Waals surface area contributed by atoms with E-state index in [0.717, 1.165) is 12.2 Å². The summed E-state index contributed by atoms with van der Waals surface area (Å²) in [5.74, 6) is 1.99. The number of ether oxygens (including phenoxy) is 1. The van der Waals surface area contributed by atoms with Gasteiger partial charge in [0.1, 0.15) is 11.6 Å². The molecular formula is C13H23N3O2. The lowest BCUT2D eigenvalue weighted by atomic mass is 9.95. The number of rotatable bonds is 7. The molecule has 0 aromatic carbocycles. The van der Waals surface area contributed by atoms with Crippen LogP contribution in [0.3, 0.4) is 0 Å². The Morgan fingerprint density at radius 1 is 1.39 bits per heavy atom. The predicted molar refractivity (Wildman–Crippen MR) is 72.0 cm³/mol. The van der Waals surface area contributed by atoms with Crippen molar-refractivity contribution in [3.8, 4) is 5.88 Å².